The molecule has 0 atom stereocenters. The van der Waals surface area contributed by atoms with Gasteiger partial charge in [-0.05, 0) is 51.7 Å². The van der Waals surface area contributed by atoms with E-state index >= 15 is 0 Å². The Balaban J connectivity index is 2.17. The molecule has 0 spiro atoms. The molecule has 2 aromatic carbocycles. The van der Waals surface area contributed by atoms with Crippen LogP contribution in [-0.2, 0) is 13.0 Å². The molecule has 0 aliphatic rings. The van der Waals surface area contributed by atoms with E-state index in [2.05, 4.69) is 52.3 Å². The molecule has 3 nitrogen and oxygen atoms in total. The van der Waals surface area contributed by atoms with Gasteiger partial charge in [-0.2, -0.15) is 0 Å². The number of anilines is 1. The Morgan fingerprint density at radius 3 is 2.74 bits per heavy atom. The molecule has 0 amide bonds. The third-order valence-electron chi connectivity index (χ3n) is 3.47. The summed E-state index contributed by atoms with van der Waals surface area (Å²) in [6.07, 6.45) is 6.24. The number of halogens is 1. The number of hydrogen-bond acceptors (Lipinski definition) is 3. The monoisotopic (exact) mass is 373 g/mol. The number of hydrogen-bond donors (Lipinski definition) is 1. The lowest BCUT2D eigenvalue weighted by Crippen LogP contribution is -2.04. The molecule has 0 saturated heterocycles. The van der Waals surface area contributed by atoms with Gasteiger partial charge in [0.25, 0.3) is 0 Å². The second kappa shape index (κ2) is 8.50. The van der Waals surface area contributed by atoms with Crippen molar-refractivity contribution in [1.82, 2.24) is 0 Å². The summed E-state index contributed by atoms with van der Waals surface area (Å²) in [6.45, 7) is 3.05. The fraction of sp³-hybridized carbons (Fsp3) is 0.263. The first-order valence-corrected chi connectivity index (χ1v) is 8.23. The summed E-state index contributed by atoms with van der Waals surface area (Å²) in [4.78, 5) is 0. The number of nitrogens with one attached hydrogen (secondary N) is 1. The number of para-hydroxylation sites is 1. The molecule has 0 aliphatic heterocycles. The van der Waals surface area contributed by atoms with E-state index in [-0.39, 0.29) is 6.61 Å². The van der Waals surface area contributed by atoms with Gasteiger partial charge in [0, 0.05) is 12.2 Å². The Labute approximate surface area is 146 Å². The van der Waals surface area contributed by atoms with E-state index in [0.717, 1.165) is 22.1 Å². The van der Waals surface area contributed by atoms with Crippen molar-refractivity contribution in [2.45, 2.75) is 19.9 Å². The average Bonchev–Trinajstić information content (AvgIpc) is 2.58. The first-order valence-electron chi connectivity index (χ1n) is 7.44. The van der Waals surface area contributed by atoms with Crippen LogP contribution in [0.5, 0.6) is 11.5 Å². The zero-order valence-electron chi connectivity index (χ0n) is 13.4. The first kappa shape index (κ1) is 17.2. The van der Waals surface area contributed by atoms with Crippen molar-refractivity contribution in [3.63, 3.8) is 0 Å². The molecule has 120 valence electrons. The molecule has 23 heavy (non-hydrogen) atoms. The summed E-state index contributed by atoms with van der Waals surface area (Å²) in [5.41, 5.74) is 3.54. The summed E-state index contributed by atoms with van der Waals surface area (Å²) in [7, 11) is 1.62. The highest BCUT2D eigenvalue weighted by atomic mass is 79.9. The summed E-state index contributed by atoms with van der Waals surface area (Å²) >= 11 is 3.52. The largest absolute Gasteiger partial charge is 0.493 e. The van der Waals surface area contributed by atoms with Gasteiger partial charge >= 0.3 is 0 Å². The summed E-state index contributed by atoms with van der Waals surface area (Å²) < 4.78 is 11.8. The van der Waals surface area contributed by atoms with Crippen molar-refractivity contribution in [1.29, 1.82) is 0 Å². The number of benzene rings is 2. The van der Waals surface area contributed by atoms with Gasteiger partial charge in [0.1, 0.15) is 6.61 Å². The number of aryl methyl sites for hydroxylation is 1. The fourth-order valence-electron chi connectivity index (χ4n) is 2.33. The third kappa shape index (κ3) is 4.43. The summed E-state index contributed by atoms with van der Waals surface area (Å²) in [5.74, 6) is 3.75. The van der Waals surface area contributed by atoms with Crippen LogP contribution in [0.1, 0.15) is 18.1 Å². The van der Waals surface area contributed by atoms with E-state index in [1.54, 1.807) is 7.11 Å². The maximum Gasteiger partial charge on any atom is 0.176 e. The van der Waals surface area contributed by atoms with Gasteiger partial charge in [-0.15, -0.1) is 6.42 Å². The van der Waals surface area contributed by atoms with E-state index in [1.807, 2.05) is 18.2 Å². The second-order valence-corrected chi connectivity index (χ2v) is 5.82. The average molecular weight is 374 g/mol. The van der Waals surface area contributed by atoms with Gasteiger partial charge in [0.2, 0.25) is 0 Å². The minimum absolute atomic E-state index is 0.205. The molecule has 2 aromatic rings. The molecule has 0 saturated carbocycles. The lowest BCUT2D eigenvalue weighted by molar-refractivity contribution is 0.328. The van der Waals surface area contributed by atoms with Crippen molar-refractivity contribution in [3.8, 4) is 23.8 Å². The standard InChI is InChI=1S/C19H20BrNO2/c1-4-10-23-19-16(20)11-14(12-18(19)22-3)13-21-17-9-7-6-8-15(17)5-2/h1,6-9,11-12,21H,5,10,13H2,2-3H3. The maximum atomic E-state index is 5.53. The number of methoxy groups -OCH3 is 1. The van der Waals surface area contributed by atoms with Crippen LogP contribution < -0.4 is 14.8 Å². The molecule has 4 heteroatoms. The SMILES string of the molecule is C#CCOc1c(Br)cc(CNc2ccccc2CC)cc1OC. The number of terminal acetylenes is 1. The smallest absolute Gasteiger partial charge is 0.176 e. The Kier molecular flexibility index (Phi) is 6.37. The van der Waals surface area contributed by atoms with Crippen molar-refractivity contribution in [2.24, 2.45) is 0 Å². The molecular formula is C19H20BrNO2. The molecule has 2 rings (SSSR count). The summed E-state index contributed by atoms with van der Waals surface area (Å²) in [5, 5.41) is 3.47. The van der Waals surface area contributed by atoms with E-state index < -0.39 is 0 Å². The van der Waals surface area contributed by atoms with E-state index in [0.29, 0.717) is 18.0 Å². The second-order valence-electron chi connectivity index (χ2n) is 4.97. The predicted molar refractivity (Wildman–Crippen MR) is 98.2 cm³/mol. The van der Waals surface area contributed by atoms with Crippen LogP contribution in [0.4, 0.5) is 5.69 Å². The fourth-order valence-corrected chi connectivity index (χ4v) is 2.93. The van der Waals surface area contributed by atoms with Crippen LogP contribution in [0.3, 0.4) is 0 Å². The Morgan fingerprint density at radius 2 is 2.04 bits per heavy atom. The minimum atomic E-state index is 0.205. The van der Waals surface area contributed by atoms with Crippen LogP contribution in [-0.4, -0.2) is 13.7 Å². The highest BCUT2D eigenvalue weighted by Crippen LogP contribution is 2.36. The molecule has 0 fully saturated rings. The quantitative estimate of drug-likeness (QED) is 0.716. The Bertz CT molecular complexity index is 707. The Morgan fingerprint density at radius 1 is 1.26 bits per heavy atom. The normalized spacial score (nSPS) is 10.0. The highest BCUT2D eigenvalue weighted by Gasteiger charge is 2.11. The van der Waals surface area contributed by atoms with Crippen molar-refractivity contribution in [3.05, 3.63) is 52.0 Å². The van der Waals surface area contributed by atoms with Crippen LogP contribution in [0, 0.1) is 12.3 Å². The molecule has 0 unspecified atom stereocenters. The van der Waals surface area contributed by atoms with Gasteiger partial charge in [0.15, 0.2) is 11.5 Å². The zero-order chi connectivity index (χ0) is 16.7. The zero-order valence-corrected chi connectivity index (χ0v) is 14.9. The Hall–Kier alpha value is -2.12. The molecule has 0 radical (unpaired) electrons. The predicted octanol–water partition coefficient (Wildman–Crippen LogP) is 4.64. The van der Waals surface area contributed by atoms with Gasteiger partial charge in [0.05, 0.1) is 11.6 Å². The van der Waals surface area contributed by atoms with E-state index in [9.17, 15) is 0 Å². The van der Waals surface area contributed by atoms with Crippen molar-refractivity contribution >= 4 is 21.6 Å². The molecule has 0 aliphatic carbocycles. The first-order chi connectivity index (χ1) is 11.2. The van der Waals surface area contributed by atoms with Crippen LogP contribution in [0.2, 0.25) is 0 Å². The minimum Gasteiger partial charge on any atom is -0.493 e. The number of ether oxygens (including phenoxy) is 2. The summed E-state index contributed by atoms with van der Waals surface area (Å²) in [6, 6.07) is 12.3. The molecule has 1 N–H and O–H groups in total. The third-order valence-corrected chi connectivity index (χ3v) is 4.06. The number of rotatable bonds is 7. The highest BCUT2D eigenvalue weighted by molar-refractivity contribution is 9.10. The molecule has 0 bridgehead atoms. The van der Waals surface area contributed by atoms with E-state index in [1.165, 1.54) is 5.56 Å². The molecule has 0 heterocycles. The van der Waals surface area contributed by atoms with Crippen molar-refractivity contribution < 1.29 is 9.47 Å². The maximum absolute atomic E-state index is 5.53. The van der Waals surface area contributed by atoms with Gasteiger partial charge in [-0.25, -0.2) is 0 Å². The van der Waals surface area contributed by atoms with Gasteiger partial charge in [-0.1, -0.05) is 31.0 Å². The van der Waals surface area contributed by atoms with Crippen LogP contribution in [0.25, 0.3) is 0 Å². The van der Waals surface area contributed by atoms with Gasteiger partial charge < -0.3 is 14.8 Å². The lowest BCUT2D eigenvalue weighted by Gasteiger charge is -2.15. The van der Waals surface area contributed by atoms with Gasteiger partial charge in [-0.3, -0.25) is 0 Å². The molecule has 0 aromatic heterocycles. The lowest BCUT2D eigenvalue weighted by atomic mass is 10.1. The van der Waals surface area contributed by atoms with Crippen molar-refractivity contribution in [2.75, 3.05) is 19.0 Å². The van der Waals surface area contributed by atoms with Crippen LogP contribution >= 0.6 is 15.9 Å². The molecular weight excluding hydrogens is 354 g/mol. The van der Waals surface area contributed by atoms with Crippen LogP contribution in [0.15, 0.2) is 40.9 Å². The topological polar surface area (TPSA) is 30.5 Å². The van der Waals surface area contributed by atoms with E-state index in [4.69, 9.17) is 15.9 Å².